The number of sulfonamides is 1. The molecule has 0 saturated carbocycles. The Labute approximate surface area is 140 Å². The van der Waals surface area contributed by atoms with Crippen molar-refractivity contribution in [3.63, 3.8) is 0 Å². The van der Waals surface area contributed by atoms with Gasteiger partial charge < -0.3 is 0 Å². The molecule has 3 nitrogen and oxygen atoms in total. The largest absolute Gasteiger partial charge is 0.240 e. The van der Waals surface area contributed by atoms with Crippen LogP contribution in [0.4, 0.5) is 4.39 Å². The van der Waals surface area contributed by atoms with Gasteiger partial charge in [-0.2, -0.15) is 0 Å². The first kappa shape index (κ1) is 16.4. The van der Waals surface area contributed by atoms with E-state index in [4.69, 9.17) is 0 Å². The molecule has 0 radical (unpaired) electrons. The lowest BCUT2D eigenvalue weighted by Gasteiger charge is -2.09. The fourth-order valence-corrected chi connectivity index (χ4v) is 3.41. The summed E-state index contributed by atoms with van der Waals surface area (Å²) in [7, 11) is -3.62. The Balaban J connectivity index is 1.83. The highest BCUT2D eigenvalue weighted by atomic mass is 32.2. The van der Waals surface area contributed by atoms with Crippen molar-refractivity contribution in [2.24, 2.45) is 0 Å². The van der Waals surface area contributed by atoms with Gasteiger partial charge in [0.1, 0.15) is 5.82 Å². The minimum absolute atomic E-state index is 0.181. The maximum Gasteiger partial charge on any atom is 0.240 e. The summed E-state index contributed by atoms with van der Waals surface area (Å²) in [6.45, 7) is 0.226. The molecule has 0 amide bonds. The van der Waals surface area contributed by atoms with Gasteiger partial charge in [-0.05, 0) is 41.0 Å². The second-order valence-corrected chi connectivity index (χ2v) is 7.11. The summed E-state index contributed by atoms with van der Waals surface area (Å²) >= 11 is 0. The van der Waals surface area contributed by atoms with E-state index >= 15 is 0 Å². The Bertz CT molecular complexity index is 923. The zero-order valence-electron chi connectivity index (χ0n) is 12.8. The van der Waals surface area contributed by atoms with E-state index in [2.05, 4.69) is 4.72 Å². The molecule has 3 rings (SSSR count). The van der Waals surface area contributed by atoms with Gasteiger partial charge in [0.25, 0.3) is 0 Å². The molecule has 122 valence electrons. The lowest BCUT2D eigenvalue weighted by Crippen LogP contribution is -2.23. The van der Waals surface area contributed by atoms with Crippen molar-refractivity contribution >= 4 is 10.0 Å². The second kappa shape index (κ2) is 6.95. The van der Waals surface area contributed by atoms with Gasteiger partial charge >= 0.3 is 0 Å². The smallest absolute Gasteiger partial charge is 0.207 e. The molecule has 0 aliphatic rings. The molecule has 0 saturated heterocycles. The van der Waals surface area contributed by atoms with Gasteiger partial charge in [-0.3, -0.25) is 0 Å². The van der Waals surface area contributed by atoms with E-state index in [1.807, 2.05) is 30.3 Å². The maximum atomic E-state index is 13.0. The number of benzene rings is 3. The van der Waals surface area contributed by atoms with Crippen molar-refractivity contribution in [1.82, 2.24) is 4.72 Å². The molecule has 0 aliphatic heterocycles. The summed E-state index contributed by atoms with van der Waals surface area (Å²) in [5.41, 5.74) is 2.37. The Morgan fingerprint density at radius 2 is 1.50 bits per heavy atom. The van der Waals surface area contributed by atoms with E-state index in [-0.39, 0.29) is 17.3 Å². The van der Waals surface area contributed by atoms with Crippen molar-refractivity contribution in [3.05, 3.63) is 90.2 Å². The molecular weight excluding hydrogens is 325 g/mol. The van der Waals surface area contributed by atoms with Crippen LogP contribution in [0.15, 0.2) is 83.8 Å². The Morgan fingerprint density at radius 1 is 0.792 bits per heavy atom. The molecule has 0 heterocycles. The summed E-state index contributed by atoms with van der Waals surface area (Å²) in [5.74, 6) is -0.327. The lowest BCUT2D eigenvalue weighted by molar-refractivity contribution is 0.581. The van der Waals surface area contributed by atoms with Crippen LogP contribution in [0, 0.1) is 5.82 Å². The monoisotopic (exact) mass is 341 g/mol. The molecule has 24 heavy (non-hydrogen) atoms. The average Bonchev–Trinajstić information content (AvgIpc) is 2.62. The number of hydrogen-bond acceptors (Lipinski definition) is 2. The highest BCUT2D eigenvalue weighted by molar-refractivity contribution is 7.89. The normalized spacial score (nSPS) is 11.4. The van der Waals surface area contributed by atoms with Crippen LogP contribution < -0.4 is 4.72 Å². The highest BCUT2D eigenvalue weighted by Gasteiger charge is 2.14. The maximum absolute atomic E-state index is 13.0. The molecule has 0 aliphatic carbocycles. The molecule has 3 aromatic rings. The van der Waals surface area contributed by atoms with Gasteiger partial charge in [0.2, 0.25) is 10.0 Å². The summed E-state index contributed by atoms with van der Waals surface area (Å²) < 4.78 is 40.6. The lowest BCUT2D eigenvalue weighted by atomic mass is 10.1. The molecule has 3 aromatic carbocycles. The Hall–Kier alpha value is -2.50. The predicted octanol–water partition coefficient (Wildman–Crippen LogP) is 3.97. The average molecular weight is 341 g/mol. The second-order valence-electron chi connectivity index (χ2n) is 5.34. The quantitative estimate of drug-likeness (QED) is 0.763. The van der Waals surface area contributed by atoms with Crippen LogP contribution in [-0.4, -0.2) is 8.42 Å². The molecule has 0 bridgehead atoms. The van der Waals surface area contributed by atoms with Gasteiger partial charge in [0.15, 0.2) is 0 Å². The fraction of sp³-hybridized carbons (Fsp3) is 0.0526. The number of nitrogens with one attached hydrogen (secondary N) is 1. The first-order valence-electron chi connectivity index (χ1n) is 7.44. The summed E-state index contributed by atoms with van der Waals surface area (Å²) in [4.78, 5) is 0.181. The summed E-state index contributed by atoms with van der Waals surface area (Å²) in [5, 5.41) is 0. The Kier molecular flexibility index (Phi) is 4.74. The number of hydrogen-bond donors (Lipinski definition) is 1. The SMILES string of the molecule is O=S(=O)(NCc1ccccc1)c1cccc(-c2ccc(F)cc2)c1. The van der Waals surface area contributed by atoms with Crippen molar-refractivity contribution in [2.45, 2.75) is 11.4 Å². The van der Waals surface area contributed by atoms with E-state index in [1.165, 1.54) is 12.1 Å². The van der Waals surface area contributed by atoms with E-state index in [1.54, 1.807) is 36.4 Å². The zero-order valence-corrected chi connectivity index (χ0v) is 13.6. The molecule has 0 atom stereocenters. The zero-order chi connectivity index (χ0) is 17.0. The molecule has 5 heteroatoms. The van der Waals surface area contributed by atoms with Crippen LogP contribution in [-0.2, 0) is 16.6 Å². The molecule has 1 N–H and O–H groups in total. The van der Waals surface area contributed by atoms with Crippen LogP contribution in [0.3, 0.4) is 0 Å². The highest BCUT2D eigenvalue weighted by Crippen LogP contribution is 2.22. The van der Waals surface area contributed by atoms with Crippen molar-refractivity contribution in [2.75, 3.05) is 0 Å². The van der Waals surface area contributed by atoms with Gasteiger partial charge in [0.05, 0.1) is 4.90 Å². The van der Waals surface area contributed by atoms with Crippen molar-refractivity contribution in [1.29, 1.82) is 0 Å². The minimum atomic E-state index is -3.62. The third-order valence-electron chi connectivity index (χ3n) is 3.63. The number of halogens is 1. The topological polar surface area (TPSA) is 46.2 Å². The third-order valence-corrected chi connectivity index (χ3v) is 5.03. The first-order valence-corrected chi connectivity index (χ1v) is 8.92. The Morgan fingerprint density at radius 3 is 2.21 bits per heavy atom. The van der Waals surface area contributed by atoms with Gasteiger partial charge in [0, 0.05) is 6.54 Å². The van der Waals surface area contributed by atoms with E-state index in [0.717, 1.165) is 16.7 Å². The van der Waals surface area contributed by atoms with Gasteiger partial charge in [-0.15, -0.1) is 0 Å². The predicted molar refractivity (Wildman–Crippen MR) is 92.3 cm³/mol. The fourth-order valence-electron chi connectivity index (χ4n) is 2.34. The standard InChI is InChI=1S/C19H16FNO2S/c20-18-11-9-16(10-12-18)17-7-4-8-19(13-17)24(22,23)21-14-15-5-2-1-3-6-15/h1-13,21H,14H2. The molecule has 0 fully saturated rings. The van der Waals surface area contributed by atoms with Crippen molar-refractivity contribution < 1.29 is 12.8 Å². The van der Waals surface area contributed by atoms with E-state index < -0.39 is 10.0 Å². The van der Waals surface area contributed by atoms with Gasteiger partial charge in [-0.1, -0.05) is 54.6 Å². The van der Waals surface area contributed by atoms with Crippen LogP contribution in [0.5, 0.6) is 0 Å². The first-order chi connectivity index (χ1) is 11.5. The minimum Gasteiger partial charge on any atom is -0.207 e. The van der Waals surface area contributed by atoms with Crippen molar-refractivity contribution in [3.8, 4) is 11.1 Å². The van der Waals surface area contributed by atoms with E-state index in [9.17, 15) is 12.8 Å². The van der Waals surface area contributed by atoms with Gasteiger partial charge in [-0.25, -0.2) is 17.5 Å². The molecule has 0 spiro atoms. The van der Waals surface area contributed by atoms with Crippen LogP contribution in [0.2, 0.25) is 0 Å². The summed E-state index contributed by atoms with van der Waals surface area (Å²) in [6.07, 6.45) is 0. The summed E-state index contributed by atoms with van der Waals surface area (Å²) in [6, 6.07) is 21.9. The van der Waals surface area contributed by atoms with Crippen LogP contribution >= 0.6 is 0 Å². The van der Waals surface area contributed by atoms with Crippen LogP contribution in [0.1, 0.15) is 5.56 Å². The van der Waals surface area contributed by atoms with E-state index in [0.29, 0.717) is 0 Å². The molecular formula is C19H16FNO2S. The molecule has 0 aromatic heterocycles. The number of rotatable bonds is 5. The van der Waals surface area contributed by atoms with Crippen LogP contribution in [0.25, 0.3) is 11.1 Å². The molecule has 0 unspecified atom stereocenters. The third kappa shape index (κ3) is 3.88.